The van der Waals surface area contributed by atoms with Crippen LogP contribution in [-0.4, -0.2) is 36.1 Å². The number of benzene rings is 9. The normalized spacial score (nSPS) is 11.2. The SMILES string of the molecule is COC(=O)CCc1ccc(N(c2ccc(-c3ccccc3)cc2)c2ccc(-c3nc4cc5sc(-c6ccc(N(c7ccc(CCC(=O)OC)cc7)c7ccc(-c8ccccc8)cc7)cc6)nc5cc4s3)cc2)cc1. The van der Waals surface area contributed by atoms with E-state index < -0.39 is 0 Å². The summed E-state index contributed by atoms with van der Waals surface area (Å²) in [5, 5.41) is 1.90. The number of thiazole rings is 2. The van der Waals surface area contributed by atoms with E-state index in [1.807, 2.05) is 12.1 Å². The number of hydrogen-bond acceptors (Lipinski definition) is 10. The van der Waals surface area contributed by atoms with Gasteiger partial charge in [0, 0.05) is 58.1 Å². The lowest BCUT2D eigenvalue weighted by molar-refractivity contribution is -0.141. The molecule has 0 N–H and O–H groups in total. The van der Waals surface area contributed by atoms with Crippen molar-refractivity contribution >= 4 is 89.2 Å². The van der Waals surface area contributed by atoms with Crippen LogP contribution in [0.4, 0.5) is 34.1 Å². The smallest absolute Gasteiger partial charge is 0.305 e. The summed E-state index contributed by atoms with van der Waals surface area (Å²) in [6.45, 7) is 0. The number of fused-ring (bicyclic) bond motifs is 2. The zero-order chi connectivity index (χ0) is 50.4. The predicted molar refractivity (Wildman–Crippen MR) is 305 cm³/mol. The van der Waals surface area contributed by atoms with Crippen molar-refractivity contribution in [2.75, 3.05) is 24.0 Å². The third-order valence-electron chi connectivity index (χ3n) is 13.2. The van der Waals surface area contributed by atoms with Crippen LogP contribution in [0.3, 0.4) is 0 Å². The number of anilines is 6. The average Bonchev–Trinajstić information content (AvgIpc) is 4.09. The van der Waals surface area contributed by atoms with E-state index >= 15 is 0 Å². The van der Waals surface area contributed by atoms with Gasteiger partial charge in [-0.25, -0.2) is 9.97 Å². The molecule has 0 unspecified atom stereocenters. The molecular weight excluding hydrogens is 953 g/mol. The van der Waals surface area contributed by atoms with Crippen molar-refractivity contribution in [2.45, 2.75) is 25.7 Å². The molecule has 0 atom stereocenters. The minimum absolute atomic E-state index is 0.215. The first-order chi connectivity index (χ1) is 36.3. The highest BCUT2D eigenvalue weighted by molar-refractivity contribution is 7.23. The van der Waals surface area contributed by atoms with E-state index in [-0.39, 0.29) is 11.9 Å². The van der Waals surface area contributed by atoms with E-state index in [0.29, 0.717) is 25.7 Å². The first kappa shape index (κ1) is 47.6. The lowest BCUT2D eigenvalue weighted by atomic mass is 10.0. The van der Waals surface area contributed by atoms with Crippen molar-refractivity contribution in [2.24, 2.45) is 0 Å². The van der Waals surface area contributed by atoms with Crippen molar-refractivity contribution in [1.29, 1.82) is 0 Å². The second kappa shape index (κ2) is 21.6. The van der Waals surface area contributed by atoms with Gasteiger partial charge in [0.2, 0.25) is 0 Å². The zero-order valence-corrected chi connectivity index (χ0v) is 42.5. The maximum atomic E-state index is 11.9. The van der Waals surface area contributed by atoms with Crippen molar-refractivity contribution in [3.05, 3.63) is 230 Å². The molecule has 11 aromatic rings. The second-order valence-electron chi connectivity index (χ2n) is 17.9. The van der Waals surface area contributed by atoms with Gasteiger partial charge in [0.05, 0.1) is 34.7 Å². The van der Waals surface area contributed by atoms with Gasteiger partial charge in [-0.05, 0) is 155 Å². The molecular formula is C64H50N4O4S2. The molecule has 0 saturated heterocycles. The number of rotatable bonds is 16. The molecule has 0 aliphatic rings. The van der Waals surface area contributed by atoms with Crippen LogP contribution >= 0.6 is 22.7 Å². The Morgan fingerprint density at radius 2 is 0.662 bits per heavy atom. The predicted octanol–water partition coefficient (Wildman–Crippen LogP) is 16.7. The molecule has 9 aromatic carbocycles. The van der Waals surface area contributed by atoms with Gasteiger partial charge in [-0.15, -0.1) is 22.7 Å². The van der Waals surface area contributed by atoms with Crippen LogP contribution in [0.25, 0.3) is 63.8 Å². The fourth-order valence-corrected chi connectivity index (χ4v) is 11.2. The first-order valence-corrected chi connectivity index (χ1v) is 26.1. The number of ether oxygens (including phenoxy) is 2. The van der Waals surface area contributed by atoms with Gasteiger partial charge in [-0.2, -0.15) is 0 Å². The maximum absolute atomic E-state index is 11.9. The van der Waals surface area contributed by atoms with Gasteiger partial charge < -0.3 is 19.3 Å². The van der Waals surface area contributed by atoms with Gasteiger partial charge in [0.25, 0.3) is 0 Å². The minimum Gasteiger partial charge on any atom is -0.469 e. The molecule has 74 heavy (non-hydrogen) atoms. The van der Waals surface area contributed by atoms with Crippen LogP contribution in [0, 0.1) is 0 Å². The summed E-state index contributed by atoms with van der Waals surface area (Å²) < 4.78 is 11.9. The Labute approximate surface area is 438 Å². The molecule has 11 rings (SSSR count). The molecule has 0 radical (unpaired) electrons. The van der Waals surface area contributed by atoms with Crippen molar-refractivity contribution in [3.8, 4) is 43.4 Å². The van der Waals surface area contributed by atoms with Gasteiger partial charge in [0.1, 0.15) is 10.0 Å². The van der Waals surface area contributed by atoms with Gasteiger partial charge in [-0.3, -0.25) is 9.59 Å². The topological polar surface area (TPSA) is 84.9 Å². The van der Waals surface area contributed by atoms with Gasteiger partial charge in [0.15, 0.2) is 0 Å². The quantitative estimate of drug-likeness (QED) is 0.0885. The van der Waals surface area contributed by atoms with E-state index in [4.69, 9.17) is 19.4 Å². The number of aryl methyl sites for hydroxylation is 2. The number of hydrogen-bond donors (Lipinski definition) is 0. The third-order valence-corrected chi connectivity index (χ3v) is 15.3. The maximum Gasteiger partial charge on any atom is 0.305 e. The number of aromatic nitrogens is 2. The number of methoxy groups -OCH3 is 2. The summed E-state index contributed by atoms with van der Waals surface area (Å²) in [5.41, 5.74) is 16.9. The number of esters is 2. The van der Waals surface area contributed by atoms with Crippen LogP contribution in [0.15, 0.2) is 218 Å². The molecule has 0 bridgehead atoms. The van der Waals surface area contributed by atoms with E-state index in [1.165, 1.54) is 25.3 Å². The van der Waals surface area contributed by atoms with Crippen LogP contribution in [0.2, 0.25) is 0 Å². The Morgan fingerprint density at radius 3 is 0.973 bits per heavy atom. The number of carbonyl (C=O) groups is 2. The monoisotopic (exact) mass is 1000 g/mol. The number of carbonyl (C=O) groups excluding carboxylic acids is 2. The summed E-state index contributed by atoms with van der Waals surface area (Å²) in [6.07, 6.45) is 1.91. The molecule has 2 aromatic heterocycles. The molecule has 0 saturated carbocycles. The standard InChI is InChI=1S/C64H50N4O4S2/c1-71-61(69)39-17-43-13-27-51(28-14-43)67(53-31-19-47(20-32-53)45-9-5-3-6-10-45)55-35-23-49(24-36-55)63-65-57-41-60-58(42-59(57)73-63)66-64(74-60)50-25-37-56(38-26-50)68(52-29-15-44(16-30-52)18-40-62(70)72-2)54-33-21-48(22-34-54)46-11-7-4-8-12-46/h3-16,19-38,41-42H,17-18,39-40H2,1-2H3. The summed E-state index contributed by atoms with van der Waals surface area (Å²) >= 11 is 3.35. The van der Waals surface area contributed by atoms with Crippen LogP contribution in [0.5, 0.6) is 0 Å². The minimum atomic E-state index is -0.215. The highest BCUT2D eigenvalue weighted by atomic mass is 32.1. The lowest BCUT2D eigenvalue weighted by Crippen LogP contribution is -2.10. The van der Waals surface area contributed by atoms with E-state index in [2.05, 4.69) is 216 Å². The Balaban J connectivity index is 0.842. The summed E-state index contributed by atoms with van der Waals surface area (Å²) in [7, 11) is 2.85. The van der Waals surface area contributed by atoms with Gasteiger partial charge >= 0.3 is 11.9 Å². The largest absolute Gasteiger partial charge is 0.469 e. The molecule has 8 nitrogen and oxygen atoms in total. The number of nitrogens with zero attached hydrogens (tertiary/aromatic N) is 4. The van der Waals surface area contributed by atoms with E-state index in [0.717, 1.165) is 98.0 Å². The Kier molecular flexibility index (Phi) is 13.9. The summed E-state index contributed by atoms with van der Waals surface area (Å²) in [5.74, 6) is -0.430. The third kappa shape index (κ3) is 10.5. The highest BCUT2D eigenvalue weighted by Gasteiger charge is 2.18. The lowest BCUT2D eigenvalue weighted by Gasteiger charge is -2.26. The fraction of sp³-hybridized carbons (Fsp3) is 0.0938. The Morgan fingerprint density at radius 1 is 0.378 bits per heavy atom. The van der Waals surface area contributed by atoms with Crippen molar-refractivity contribution in [1.82, 2.24) is 9.97 Å². The molecule has 0 aliphatic heterocycles. The van der Waals surface area contributed by atoms with Crippen LogP contribution in [-0.2, 0) is 31.9 Å². The fourth-order valence-electron chi connectivity index (χ4n) is 9.18. The average molecular weight is 1000 g/mol. The van der Waals surface area contributed by atoms with Crippen molar-refractivity contribution in [3.63, 3.8) is 0 Å². The summed E-state index contributed by atoms with van der Waals surface area (Å²) in [4.78, 5) is 38.5. The molecule has 10 heteroatoms. The first-order valence-electron chi connectivity index (χ1n) is 24.5. The van der Waals surface area contributed by atoms with Crippen LogP contribution < -0.4 is 9.80 Å². The van der Waals surface area contributed by atoms with Gasteiger partial charge in [-0.1, -0.05) is 109 Å². The Bertz CT molecular complexity index is 3400. The highest BCUT2D eigenvalue weighted by Crippen LogP contribution is 2.42. The van der Waals surface area contributed by atoms with Crippen molar-refractivity contribution < 1.29 is 19.1 Å². The molecule has 0 spiro atoms. The molecule has 0 aliphatic carbocycles. The molecule has 2 heterocycles. The second-order valence-corrected chi connectivity index (χ2v) is 20.0. The van der Waals surface area contributed by atoms with E-state index in [9.17, 15) is 9.59 Å². The summed E-state index contributed by atoms with van der Waals surface area (Å²) in [6, 6.07) is 76.4. The molecule has 362 valence electrons. The molecule has 0 fully saturated rings. The van der Waals surface area contributed by atoms with E-state index in [1.54, 1.807) is 22.7 Å². The van der Waals surface area contributed by atoms with Crippen LogP contribution in [0.1, 0.15) is 24.0 Å². The molecule has 0 amide bonds. The zero-order valence-electron chi connectivity index (χ0n) is 40.9. The Hall–Kier alpha value is -8.70.